The lowest BCUT2D eigenvalue weighted by molar-refractivity contribution is -0.135. The molecule has 114 valence electrons. The fourth-order valence-electron chi connectivity index (χ4n) is 2.97. The molecule has 2 rings (SSSR count). The Balaban J connectivity index is 1.62. The van der Waals surface area contributed by atoms with Crippen LogP contribution in [0.2, 0.25) is 0 Å². The molecule has 0 bridgehead atoms. The molecule has 2 aliphatic heterocycles. The number of amides is 2. The number of nitrogens with zero attached hydrogens (tertiary/aromatic N) is 2. The lowest BCUT2D eigenvalue weighted by Gasteiger charge is -2.26. The van der Waals surface area contributed by atoms with Gasteiger partial charge in [0.1, 0.15) is 0 Å². The van der Waals surface area contributed by atoms with Crippen LogP contribution >= 0.6 is 0 Å². The van der Waals surface area contributed by atoms with E-state index in [9.17, 15) is 9.59 Å². The van der Waals surface area contributed by atoms with E-state index in [2.05, 4.69) is 10.2 Å². The molecular weight excluding hydrogens is 254 g/mol. The second kappa shape index (κ2) is 8.25. The Bertz CT molecular complexity index is 327. The van der Waals surface area contributed by atoms with Gasteiger partial charge in [-0.2, -0.15) is 0 Å². The molecule has 0 aliphatic carbocycles. The molecule has 5 nitrogen and oxygen atoms in total. The van der Waals surface area contributed by atoms with E-state index in [1.807, 2.05) is 0 Å². The number of piperidine rings is 1. The smallest absolute Gasteiger partial charge is 0.239 e. The van der Waals surface area contributed by atoms with Crippen molar-refractivity contribution in [2.75, 3.05) is 39.3 Å². The summed E-state index contributed by atoms with van der Waals surface area (Å²) in [6.07, 6.45) is 7.56. The van der Waals surface area contributed by atoms with Crippen molar-refractivity contribution >= 4 is 11.8 Å². The maximum Gasteiger partial charge on any atom is 0.239 e. The van der Waals surface area contributed by atoms with Crippen LogP contribution in [0, 0.1) is 0 Å². The van der Waals surface area contributed by atoms with Crippen LogP contribution in [-0.4, -0.2) is 60.9 Å². The van der Waals surface area contributed by atoms with Crippen LogP contribution in [0.5, 0.6) is 0 Å². The van der Waals surface area contributed by atoms with Crippen LogP contribution in [0.25, 0.3) is 0 Å². The van der Waals surface area contributed by atoms with Gasteiger partial charge in [-0.1, -0.05) is 12.8 Å². The quantitative estimate of drug-likeness (QED) is 0.817. The summed E-state index contributed by atoms with van der Waals surface area (Å²) in [7, 11) is 0. The van der Waals surface area contributed by atoms with Crippen LogP contribution < -0.4 is 5.32 Å². The number of carbonyl (C=O) groups excluding carboxylic acids is 2. The first-order valence-corrected chi connectivity index (χ1v) is 8.02. The fraction of sp³-hybridized carbons (Fsp3) is 0.867. The van der Waals surface area contributed by atoms with Gasteiger partial charge in [-0.05, 0) is 38.8 Å². The van der Waals surface area contributed by atoms with E-state index < -0.39 is 0 Å². The Labute approximate surface area is 121 Å². The third-order valence-corrected chi connectivity index (χ3v) is 4.20. The fourth-order valence-corrected chi connectivity index (χ4v) is 2.97. The van der Waals surface area contributed by atoms with E-state index in [1.165, 1.54) is 19.3 Å². The maximum atomic E-state index is 11.9. The van der Waals surface area contributed by atoms with Crippen LogP contribution in [0.1, 0.15) is 44.9 Å². The van der Waals surface area contributed by atoms with Crippen molar-refractivity contribution < 1.29 is 9.59 Å². The predicted octanol–water partition coefficient (Wildman–Crippen LogP) is 0.991. The first-order valence-electron chi connectivity index (χ1n) is 8.02. The highest BCUT2D eigenvalue weighted by atomic mass is 16.2. The summed E-state index contributed by atoms with van der Waals surface area (Å²) in [6, 6.07) is 0. The van der Waals surface area contributed by atoms with Gasteiger partial charge in [0, 0.05) is 26.1 Å². The Morgan fingerprint density at radius 3 is 2.50 bits per heavy atom. The van der Waals surface area contributed by atoms with Crippen molar-refractivity contribution in [2.24, 2.45) is 0 Å². The highest BCUT2D eigenvalue weighted by Crippen LogP contribution is 2.10. The number of likely N-dealkylation sites (tertiary alicyclic amines) is 2. The van der Waals surface area contributed by atoms with Gasteiger partial charge in [-0.3, -0.25) is 9.59 Å². The maximum absolute atomic E-state index is 11.9. The van der Waals surface area contributed by atoms with Gasteiger partial charge in [-0.25, -0.2) is 0 Å². The first kappa shape index (κ1) is 15.3. The van der Waals surface area contributed by atoms with Crippen LogP contribution in [0.15, 0.2) is 0 Å². The Morgan fingerprint density at radius 2 is 1.70 bits per heavy atom. The number of hydrogen-bond acceptors (Lipinski definition) is 3. The van der Waals surface area contributed by atoms with E-state index in [0.29, 0.717) is 13.0 Å². The minimum Gasteiger partial charge on any atom is -0.353 e. The normalized spacial score (nSPS) is 21.6. The van der Waals surface area contributed by atoms with Crippen molar-refractivity contribution in [2.45, 2.75) is 44.9 Å². The Morgan fingerprint density at radius 1 is 1.00 bits per heavy atom. The van der Waals surface area contributed by atoms with Crippen molar-refractivity contribution in [1.82, 2.24) is 15.1 Å². The predicted molar refractivity (Wildman–Crippen MR) is 78.3 cm³/mol. The van der Waals surface area contributed by atoms with Gasteiger partial charge in [-0.15, -0.1) is 0 Å². The summed E-state index contributed by atoms with van der Waals surface area (Å²) >= 11 is 0. The van der Waals surface area contributed by atoms with E-state index >= 15 is 0 Å². The minimum absolute atomic E-state index is 0.0164. The van der Waals surface area contributed by atoms with Gasteiger partial charge < -0.3 is 15.1 Å². The van der Waals surface area contributed by atoms with Crippen molar-refractivity contribution in [3.05, 3.63) is 0 Å². The van der Waals surface area contributed by atoms with Gasteiger partial charge >= 0.3 is 0 Å². The summed E-state index contributed by atoms with van der Waals surface area (Å²) in [5, 5.41) is 2.94. The monoisotopic (exact) mass is 281 g/mol. The molecule has 2 amide bonds. The molecule has 0 radical (unpaired) electrons. The van der Waals surface area contributed by atoms with Gasteiger partial charge in [0.2, 0.25) is 11.8 Å². The second-order valence-electron chi connectivity index (χ2n) is 5.88. The van der Waals surface area contributed by atoms with E-state index in [4.69, 9.17) is 0 Å². The van der Waals surface area contributed by atoms with Gasteiger partial charge in [0.25, 0.3) is 0 Å². The van der Waals surface area contributed by atoms with Crippen molar-refractivity contribution in [3.8, 4) is 0 Å². The lowest BCUT2D eigenvalue weighted by atomic mass is 10.1. The zero-order valence-corrected chi connectivity index (χ0v) is 12.4. The van der Waals surface area contributed by atoms with Gasteiger partial charge in [0.15, 0.2) is 0 Å². The molecule has 2 aliphatic rings. The number of rotatable bonds is 5. The summed E-state index contributed by atoms with van der Waals surface area (Å²) in [5.74, 6) is 0.117. The standard InChI is InChI=1S/C15H27N3O2/c19-14(13-18-11-6-1-3-7-15(18)20)16-8-12-17-9-4-2-5-10-17/h1-13H2,(H,16,19). The molecule has 0 atom stereocenters. The summed E-state index contributed by atoms with van der Waals surface area (Å²) < 4.78 is 0. The second-order valence-corrected chi connectivity index (χ2v) is 5.88. The topological polar surface area (TPSA) is 52.7 Å². The van der Waals surface area contributed by atoms with E-state index in [-0.39, 0.29) is 18.4 Å². The molecule has 1 N–H and O–H groups in total. The number of carbonyl (C=O) groups is 2. The van der Waals surface area contributed by atoms with E-state index in [1.54, 1.807) is 4.90 Å². The molecule has 20 heavy (non-hydrogen) atoms. The first-order chi connectivity index (χ1) is 9.75. The Kier molecular flexibility index (Phi) is 6.30. The van der Waals surface area contributed by atoms with Crippen LogP contribution in [-0.2, 0) is 9.59 Å². The summed E-state index contributed by atoms with van der Waals surface area (Å²) in [6.45, 7) is 4.90. The van der Waals surface area contributed by atoms with Crippen molar-refractivity contribution in [1.29, 1.82) is 0 Å². The molecule has 2 fully saturated rings. The molecule has 0 aromatic heterocycles. The highest BCUT2D eigenvalue weighted by molar-refractivity contribution is 5.84. The Hall–Kier alpha value is -1.10. The van der Waals surface area contributed by atoms with Crippen LogP contribution in [0.3, 0.4) is 0 Å². The highest BCUT2D eigenvalue weighted by Gasteiger charge is 2.19. The number of nitrogens with one attached hydrogen (secondary N) is 1. The zero-order valence-electron chi connectivity index (χ0n) is 12.4. The molecule has 0 saturated carbocycles. The van der Waals surface area contributed by atoms with Gasteiger partial charge in [0.05, 0.1) is 6.54 Å². The molecule has 2 heterocycles. The SMILES string of the molecule is O=C(CN1CCCCCC1=O)NCCN1CCCCC1. The lowest BCUT2D eigenvalue weighted by Crippen LogP contribution is -2.43. The number of hydrogen-bond donors (Lipinski definition) is 1. The molecule has 5 heteroatoms. The molecule has 0 unspecified atom stereocenters. The molecular formula is C15H27N3O2. The largest absolute Gasteiger partial charge is 0.353 e. The third-order valence-electron chi connectivity index (χ3n) is 4.20. The summed E-state index contributed by atoms with van der Waals surface area (Å²) in [5.41, 5.74) is 0. The molecule has 0 aromatic rings. The minimum atomic E-state index is -0.0164. The third kappa shape index (κ3) is 5.12. The molecule has 0 aromatic carbocycles. The van der Waals surface area contributed by atoms with Crippen LogP contribution in [0.4, 0.5) is 0 Å². The van der Waals surface area contributed by atoms with E-state index in [0.717, 1.165) is 45.4 Å². The summed E-state index contributed by atoms with van der Waals surface area (Å²) in [4.78, 5) is 27.8. The molecule has 2 saturated heterocycles. The van der Waals surface area contributed by atoms with Crippen molar-refractivity contribution in [3.63, 3.8) is 0 Å². The zero-order chi connectivity index (χ0) is 14.2. The average Bonchev–Trinajstić information content (AvgIpc) is 2.65. The molecule has 0 spiro atoms. The average molecular weight is 281 g/mol.